The fourth-order valence-electron chi connectivity index (χ4n) is 3.02. The first-order valence-electron chi connectivity index (χ1n) is 7.90. The summed E-state index contributed by atoms with van der Waals surface area (Å²) in [6, 6.07) is 14.3. The van der Waals surface area contributed by atoms with Gasteiger partial charge in [-0.25, -0.2) is 4.39 Å². The fourth-order valence-corrected chi connectivity index (χ4v) is 3.02. The van der Waals surface area contributed by atoms with E-state index in [0.29, 0.717) is 5.92 Å². The number of rotatable bonds is 4. The monoisotopic (exact) mass is 295 g/mol. The maximum absolute atomic E-state index is 14.1. The van der Waals surface area contributed by atoms with E-state index in [9.17, 15) is 4.39 Å². The van der Waals surface area contributed by atoms with Crippen molar-refractivity contribution in [3.63, 3.8) is 0 Å². The van der Waals surface area contributed by atoms with E-state index in [1.165, 1.54) is 10.9 Å². The van der Waals surface area contributed by atoms with Crippen molar-refractivity contribution in [3.05, 3.63) is 71.2 Å². The van der Waals surface area contributed by atoms with Crippen molar-refractivity contribution in [3.8, 4) is 0 Å². The van der Waals surface area contributed by atoms with Crippen LogP contribution in [0.5, 0.6) is 0 Å². The molecule has 0 aliphatic heterocycles. The van der Waals surface area contributed by atoms with E-state index >= 15 is 0 Å². The lowest BCUT2D eigenvalue weighted by Gasteiger charge is -2.14. The lowest BCUT2D eigenvalue weighted by Crippen LogP contribution is -2.01. The number of fused-ring (bicyclic) bond motifs is 1. The maximum Gasteiger partial charge on any atom is 0.126 e. The van der Waals surface area contributed by atoms with Crippen LogP contribution < -0.4 is 0 Å². The highest BCUT2D eigenvalue weighted by Gasteiger charge is 2.11. The Balaban J connectivity index is 1.81. The molecular formula is C20H22FN. The molecule has 1 atom stereocenters. The molecule has 0 radical (unpaired) electrons. The molecule has 3 aromatic rings. The number of hydrogen-bond acceptors (Lipinski definition) is 0. The molecule has 1 nitrogen and oxygen atoms in total. The minimum absolute atomic E-state index is 0.0826. The minimum atomic E-state index is -0.0826. The molecule has 1 N–H and O–H groups in total. The summed E-state index contributed by atoms with van der Waals surface area (Å²) in [5.41, 5.74) is 4.30. The highest BCUT2D eigenvalue weighted by molar-refractivity contribution is 5.80. The van der Waals surface area contributed by atoms with Crippen LogP contribution in [0.25, 0.3) is 10.9 Å². The molecule has 0 fully saturated rings. The molecule has 2 aromatic carbocycles. The van der Waals surface area contributed by atoms with E-state index in [4.69, 9.17) is 0 Å². The smallest absolute Gasteiger partial charge is 0.126 e. The number of H-pyrrole nitrogens is 1. The first kappa shape index (κ1) is 14.8. The summed E-state index contributed by atoms with van der Waals surface area (Å²) in [7, 11) is 0. The molecule has 1 unspecified atom stereocenters. The normalized spacial score (nSPS) is 13.0. The van der Waals surface area contributed by atoms with E-state index in [-0.39, 0.29) is 11.7 Å². The van der Waals surface area contributed by atoms with Crippen LogP contribution in [-0.2, 0) is 6.42 Å². The van der Waals surface area contributed by atoms with Crippen LogP contribution in [0.3, 0.4) is 0 Å². The van der Waals surface area contributed by atoms with E-state index in [0.717, 1.165) is 23.1 Å². The summed E-state index contributed by atoms with van der Waals surface area (Å²) >= 11 is 0. The zero-order chi connectivity index (χ0) is 15.7. The standard InChI is InChI=1S/C20H22FN/c1-13(2)18-6-4-15(11-19(18)21)10-14(3)16-5-7-20-17(12-16)8-9-22-20/h4-9,11-14,22H,10H2,1-3H3. The van der Waals surface area contributed by atoms with Gasteiger partial charge in [-0.3, -0.25) is 0 Å². The van der Waals surface area contributed by atoms with Gasteiger partial charge < -0.3 is 4.98 Å². The Labute approximate surface area is 131 Å². The Morgan fingerprint density at radius 2 is 1.82 bits per heavy atom. The van der Waals surface area contributed by atoms with Crippen LogP contribution in [0.1, 0.15) is 49.3 Å². The first-order valence-corrected chi connectivity index (χ1v) is 7.90. The maximum atomic E-state index is 14.1. The number of nitrogens with one attached hydrogen (secondary N) is 1. The predicted molar refractivity (Wildman–Crippen MR) is 90.9 cm³/mol. The van der Waals surface area contributed by atoms with E-state index in [2.05, 4.69) is 42.2 Å². The van der Waals surface area contributed by atoms with Gasteiger partial charge in [0.1, 0.15) is 5.82 Å². The summed E-state index contributed by atoms with van der Waals surface area (Å²) in [5, 5.41) is 1.23. The molecule has 1 heterocycles. The van der Waals surface area contributed by atoms with E-state index < -0.39 is 0 Å². The van der Waals surface area contributed by atoms with Crippen molar-refractivity contribution in [2.45, 2.75) is 39.0 Å². The molecule has 0 saturated heterocycles. The molecule has 22 heavy (non-hydrogen) atoms. The quantitative estimate of drug-likeness (QED) is 0.628. The second kappa shape index (κ2) is 5.96. The summed E-state index contributed by atoms with van der Waals surface area (Å²) in [4.78, 5) is 3.21. The molecule has 0 bridgehead atoms. The van der Waals surface area contributed by atoms with Crippen molar-refractivity contribution in [1.29, 1.82) is 0 Å². The number of aromatic amines is 1. The Hall–Kier alpha value is -2.09. The number of halogens is 1. The predicted octanol–water partition coefficient (Wildman–Crippen LogP) is 5.78. The average Bonchev–Trinajstić information content (AvgIpc) is 2.94. The van der Waals surface area contributed by atoms with Gasteiger partial charge in [-0.15, -0.1) is 0 Å². The van der Waals surface area contributed by atoms with Crippen molar-refractivity contribution in [2.24, 2.45) is 0 Å². The summed E-state index contributed by atoms with van der Waals surface area (Å²) < 4.78 is 14.1. The summed E-state index contributed by atoms with van der Waals surface area (Å²) in [6.07, 6.45) is 2.81. The van der Waals surface area contributed by atoms with Crippen LogP contribution in [0.15, 0.2) is 48.7 Å². The third-order valence-electron chi connectivity index (χ3n) is 4.38. The second-order valence-electron chi connectivity index (χ2n) is 6.44. The average molecular weight is 295 g/mol. The fraction of sp³-hybridized carbons (Fsp3) is 0.300. The van der Waals surface area contributed by atoms with Gasteiger partial charge in [-0.2, -0.15) is 0 Å². The molecule has 0 aliphatic rings. The van der Waals surface area contributed by atoms with Gasteiger partial charge in [0.15, 0.2) is 0 Å². The molecular weight excluding hydrogens is 273 g/mol. The zero-order valence-corrected chi connectivity index (χ0v) is 13.4. The third kappa shape index (κ3) is 2.92. The Morgan fingerprint density at radius 1 is 1.00 bits per heavy atom. The number of hydrogen-bond donors (Lipinski definition) is 1. The minimum Gasteiger partial charge on any atom is -0.361 e. The first-order chi connectivity index (χ1) is 10.5. The lowest BCUT2D eigenvalue weighted by molar-refractivity contribution is 0.594. The summed E-state index contributed by atoms with van der Waals surface area (Å²) in [5.74, 6) is 0.506. The molecule has 0 spiro atoms. The van der Waals surface area contributed by atoms with Gasteiger partial charge >= 0.3 is 0 Å². The zero-order valence-electron chi connectivity index (χ0n) is 13.4. The molecule has 1 aromatic heterocycles. The third-order valence-corrected chi connectivity index (χ3v) is 4.38. The second-order valence-corrected chi connectivity index (χ2v) is 6.44. The lowest BCUT2D eigenvalue weighted by atomic mass is 9.91. The molecule has 0 amide bonds. The van der Waals surface area contributed by atoms with Crippen LogP contribution in [-0.4, -0.2) is 4.98 Å². The molecule has 0 saturated carbocycles. The molecule has 2 heteroatoms. The van der Waals surface area contributed by atoms with Gasteiger partial charge in [-0.1, -0.05) is 39.0 Å². The van der Waals surface area contributed by atoms with Crippen LogP contribution >= 0.6 is 0 Å². The Morgan fingerprint density at radius 3 is 2.55 bits per heavy atom. The van der Waals surface area contributed by atoms with Gasteiger partial charge in [0, 0.05) is 11.7 Å². The molecule has 114 valence electrons. The number of benzene rings is 2. The van der Waals surface area contributed by atoms with E-state index in [1.54, 1.807) is 6.07 Å². The van der Waals surface area contributed by atoms with Crippen molar-refractivity contribution in [2.75, 3.05) is 0 Å². The van der Waals surface area contributed by atoms with Crippen molar-refractivity contribution < 1.29 is 4.39 Å². The van der Waals surface area contributed by atoms with Crippen LogP contribution in [0.2, 0.25) is 0 Å². The van der Waals surface area contributed by atoms with Crippen LogP contribution in [0.4, 0.5) is 4.39 Å². The molecule has 3 rings (SSSR count). The van der Waals surface area contributed by atoms with E-state index in [1.807, 2.05) is 26.1 Å². The van der Waals surface area contributed by atoms with Gasteiger partial charge in [0.05, 0.1) is 0 Å². The van der Waals surface area contributed by atoms with Gasteiger partial charge in [-0.05, 0) is 64.6 Å². The summed E-state index contributed by atoms with van der Waals surface area (Å²) in [6.45, 7) is 6.24. The molecule has 0 aliphatic carbocycles. The SMILES string of the molecule is CC(C)c1ccc(CC(C)c2ccc3[nH]ccc3c2)cc1F. The Kier molecular flexibility index (Phi) is 4.02. The van der Waals surface area contributed by atoms with Crippen LogP contribution in [0, 0.1) is 5.82 Å². The van der Waals surface area contributed by atoms with Crippen molar-refractivity contribution in [1.82, 2.24) is 4.98 Å². The van der Waals surface area contributed by atoms with Crippen molar-refractivity contribution >= 4 is 10.9 Å². The van der Waals surface area contributed by atoms with Gasteiger partial charge in [0.25, 0.3) is 0 Å². The topological polar surface area (TPSA) is 15.8 Å². The van der Waals surface area contributed by atoms with Gasteiger partial charge in [0.2, 0.25) is 0 Å². The highest BCUT2D eigenvalue weighted by Crippen LogP contribution is 2.26. The number of aromatic nitrogens is 1. The Bertz CT molecular complexity index is 785. The largest absolute Gasteiger partial charge is 0.361 e. The highest BCUT2D eigenvalue weighted by atomic mass is 19.1.